The van der Waals surface area contributed by atoms with Crippen molar-refractivity contribution in [2.45, 2.75) is 0 Å². The monoisotopic (exact) mass is 681 g/mol. The van der Waals surface area contributed by atoms with Crippen molar-refractivity contribution in [2.24, 2.45) is 0 Å². The maximum atomic E-state index is 14.3. The van der Waals surface area contributed by atoms with Gasteiger partial charge in [0.1, 0.15) is 22.7 Å². The van der Waals surface area contributed by atoms with Crippen molar-refractivity contribution in [1.82, 2.24) is 13.3 Å². The highest BCUT2D eigenvalue weighted by Crippen LogP contribution is 2.42. The fourth-order valence-electron chi connectivity index (χ4n) is 6.85. The smallest absolute Gasteiger partial charge is 0.129 e. The Morgan fingerprint density at radius 1 is 0.569 bits per heavy atom. The Morgan fingerprint density at radius 2 is 1.14 bits per heavy atom. The first-order valence-electron chi connectivity index (χ1n) is 16.3. The van der Waals surface area contributed by atoms with Gasteiger partial charge in [0.2, 0.25) is 0 Å². The number of halogens is 2. The summed E-state index contributed by atoms with van der Waals surface area (Å²) in [5, 5.41) is 10.5. The average molecular weight is 682 g/mol. The number of benzene rings is 7. The van der Waals surface area contributed by atoms with Gasteiger partial charge in [-0.3, -0.25) is 0 Å². The number of hydrogen-bond donors (Lipinski definition) is 0. The summed E-state index contributed by atoms with van der Waals surface area (Å²) in [4.78, 5) is 2.19. The summed E-state index contributed by atoms with van der Waals surface area (Å²) < 4.78 is 40.1. The second kappa shape index (κ2) is 12.3. The third kappa shape index (κ3) is 5.28. The van der Waals surface area contributed by atoms with Crippen LogP contribution in [0.3, 0.4) is 0 Å². The van der Waals surface area contributed by atoms with Gasteiger partial charge in [0, 0.05) is 33.4 Å². The minimum atomic E-state index is -0.364. The summed E-state index contributed by atoms with van der Waals surface area (Å²) >= 11 is 1.18. The molecule has 9 rings (SSSR count). The van der Waals surface area contributed by atoms with Crippen molar-refractivity contribution in [3.05, 3.63) is 169 Å². The molecule has 0 unspecified atom stereocenters. The van der Waals surface area contributed by atoms with Gasteiger partial charge in [-0.1, -0.05) is 54.6 Å². The van der Waals surface area contributed by atoms with Gasteiger partial charge < -0.3 is 9.47 Å². The first-order valence-corrected chi connectivity index (χ1v) is 17.0. The molecule has 2 heterocycles. The van der Waals surface area contributed by atoms with Crippen LogP contribution in [0.25, 0.3) is 60.8 Å². The Labute approximate surface area is 295 Å². The maximum absolute atomic E-state index is 14.3. The minimum absolute atomic E-state index is 0.364. The molecule has 51 heavy (non-hydrogen) atoms. The number of hydrogen-bond acceptors (Lipinski definition) is 5. The largest absolute Gasteiger partial charge is 0.309 e. The third-order valence-electron chi connectivity index (χ3n) is 9.25. The molecule has 0 amide bonds. The minimum Gasteiger partial charge on any atom is -0.309 e. The number of para-hydroxylation sites is 1. The molecule has 0 aliphatic heterocycles. The fourth-order valence-corrected chi connectivity index (χ4v) is 7.42. The summed E-state index contributed by atoms with van der Waals surface area (Å²) in [6.07, 6.45) is 0. The predicted octanol–water partition coefficient (Wildman–Crippen LogP) is 11.7. The van der Waals surface area contributed by atoms with Crippen molar-refractivity contribution < 1.29 is 8.78 Å². The van der Waals surface area contributed by atoms with Crippen LogP contribution in [0.2, 0.25) is 0 Å². The van der Waals surface area contributed by atoms with Gasteiger partial charge in [-0.05, 0) is 114 Å². The van der Waals surface area contributed by atoms with Crippen LogP contribution in [-0.4, -0.2) is 13.3 Å². The molecule has 0 N–H and O–H groups in total. The van der Waals surface area contributed by atoms with Crippen LogP contribution in [0.4, 0.5) is 25.8 Å². The molecule has 7 aromatic carbocycles. The van der Waals surface area contributed by atoms with Crippen LogP contribution in [0.5, 0.6) is 0 Å². The van der Waals surface area contributed by atoms with Gasteiger partial charge >= 0.3 is 0 Å². The summed E-state index contributed by atoms with van der Waals surface area (Å²) in [5.41, 5.74) is 11.5. The third-order valence-corrected chi connectivity index (χ3v) is 9.78. The molecule has 0 fully saturated rings. The molecule has 0 saturated carbocycles. The lowest BCUT2D eigenvalue weighted by Gasteiger charge is -2.26. The molecule has 242 valence electrons. The standard InChI is InChI=1S/C43H25F2N5S/c44-31-14-21-39-37(24-31)38-25-32(45)15-22-40(38)50(39)35-18-12-30(13-19-35)36-20-23-41(43-42(36)47-51-48-43)49(33-4-2-1-3-5-33)34-16-10-29(11-17-34)28-8-6-27(26-46)7-9-28/h1-25H. The normalized spacial score (nSPS) is 11.3. The lowest BCUT2D eigenvalue weighted by atomic mass is 10.0. The van der Waals surface area contributed by atoms with Crippen LogP contribution in [-0.2, 0) is 0 Å². The van der Waals surface area contributed by atoms with Crippen LogP contribution in [0.1, 0.15) is 5.56 Å². The van der Waals surface area contributed by atoms with E-state index in [0.717, 1.165) is 67.1 Å². The zero-order valence-corrected chi connectivity index (χ0v) is 27.7. The summed E-state index contributed by atoms with van der Waals surface area (Å²) in [5.74, 6) is -0.729. The number of aromatic nitrogens is 3. The van der Waals surface area contributed by atoms with Crippen molar-refractivity contribution in [3.63, 3.8) is 0 Å². The Morgan fingerprint density at radius 3 is 1.76 bits per heavy atom. The maximum Gasteiger partial charge on any atom is 0.129 e. The Hall–Kier alpha value is -6.69. The predicted molar refractivity (Wildman–Crippen MR) is 202 cm³/mol. The summed E-state index contributed by atoms with van der Waals surface area (Å²) in [6, 6.07) is 49.8. The van der Waals surface area contributed by atoms with Gasteiger partial charge in [-0.25, -0.2) is 8.78 Å². The van der Waals surface area contributed by atoms with Crippen molar-refractivity contribution >= 4 is 61.6 Å². The van der Waals surface area contributed by atoms with Gasteiger partial charge in [0.25, 0.3) is 0 Å². The van der Waals surface area contributed by atoms with Crippen LogP contribution < -0.4 is 4.90 Å². The van der Waals surface area contributed by atoms with E-state index < -0.39 is 0 Å². The molecule has 0 spiro atoms. The van der Waals surface area contributed by atoms with Crippen molar-refractivity contribution in [1.29, 1.82) is 5.26 Å². The number of fused-ring (bicyclic) bond motifs is 4. The van der Waals surface area contributed by atoms with Crippen molar-refractivity contribution in [2.75, 3.05) is 4.90 Å². The lowest BCUT2D eigenvalue weighted by molar-refractivity contribution is 0.628. The number of anilines is 3. The molecule has 0 bridgehead atoms. The van der Waals surface area contributed by atoms with E-state index in [1.165, 1.54) is 36.0 Å². The van der Waals surface area contributed by atoms with E-state index in [1.54, 1.807) is 12.1 Å². The fraction of sp³-hybridized carbons (Fsp3) is 0. The molecular weight excluding hydrogens is 657 g/mol. The quantitative estimate of drug-likeness (QED) is 0.175. The lowest BCUT2D eigenvalue weighted by Crippen LogP contribution is -2.10. The molecule has 0 aliphatic rings. The molecular formula is C43H25F2N5S. The van der Waals surface area contributed by atoms with E-state index in [0.29, 0.717) is 16.3 Å². The van der Waals surface area contributed by atoms with E-state index in [1.807, 2.05) is 71.3 Å². The van der Waals surface area contributed by atoms with E-state index in [9.17, 15) is 14.0 Å². The highest BCUT2D eigenvalue weighted by Gasteiger charge is 2.20. The SMILES string of the molecule is N#Cc1ccc(-c2ccc(N(c3ccccc3)c3ccc(-c4ccc(-n5c6ccc(F)cc6c6cc(F)ccc65)cc4)c4nsnc34)cc2)cc1. The molecule has 0 atom stereocenters. The highest BCUT2D eigenvalue weighted by atomic mass is 32.1. The number of nitrogens with zero attached hydrogens (tertiary/aromatic N) is 5. The van der Waals surface area contributed by atoms with Crippen LogP contribution in [0, 0.1) is 23.0 Å². The van der Waals surface area contributed by atoms with Crippen LogP contribution >= 0.6 is 11.7 Å². The highest BCUT2D eigenvalue weighted by molar-refractivity contribution is 7.00. The zero-order chi connectivity index (χ0) is 34.5. The Kier molecular flexibility index (Phi) is 7.34. The molecule has 0 radical (unpaired) electrons. The molecule has 0 aliphatic carbocycles. The molecule has 2 aromatic heterocycles. The Balaban J connectivity index is 1.11. The molecule has 8 heteroatoms. The van der Waals surface area contributed by atoms with Gasteiger partial charge in [0.15, 0.2) is 0 Å². The molecule has 5 nitrogen and oxygen atoms in total. The number of nitriles is 1. The second-order valence-corrected chi connectivity index (χ2v) is 12.7. The summed E-state index contributed by atoms with van der Waals surface area (Å²) in [7, 11) is 0. The first kappa shape index (κ1) is 30.4. The molecule has 9 aromatic rings. The van der Waals surface area contributed by atoms with Gasteiger partial charge in [0.05, 0.1) is 40.1 Å². The van der Waals surface area contributed by atoms with E-state index in [4.69, 9.17) is 8.75 Å². The average Bonchev–Trinajstić information content (AvgIpc) is 3.79. The van der Waals surface area contributed by atoms with E-state index in [-0.39, 0.29) is 11.6 Å². The van der Waals surface area contributed by atoms with E-state index in [2.05, 4.69) is 59.5 Å². The zero-order valence-electron chi connectivity index (χ0n) is 26.8. The van der Waals surface area contributed by atoms with Gasteiger partial charge in [-0.15, -0.1) is 0 Å². The van der Waals surface area contributed by atoms with E-state index >= 15 is 0 Å². The van der Waals surface area contributed by atoms with Gasteiger partial charge in [-0.2, -0.15) is 14.0 Å². The second-order valence-electron chi connectivity index (χ2n) is 12.2. The Bertz CT molecular complexity index is 2710. The molecule has 0 saturated heterocycles. The van der Waals surface area contributed by atoms with Crippen molar-refractivity contribution in [3.8, 4) is 34.0 Å². The van der Waals surface area contributed by atoms with Crippen LogP contribution in [0.15, 0.2) is 152 Å². The number of rotatable bonds is 6. The first-order chi connectivity index (χ1) is 25.1. The topological polar surface area (TPSA) is 57.7 Å². The summed E-state index contributed by atoms with van der Waals surface area (Å²) in [6.45, 7) is 0.